The third-order valence-electron chi connectivity index (χ3n) is 2.56. The Morgan fingerprint density at radius 3 is 2.87 bits per heavy atom. The summed E-state index contributed by atoms with van der Waals surface area (Å²) in [4.78, 5) is 0. The maximum atomic E-state index is 12.9. The van der Waals surface area contributed by atoms with Crippen molar-refractivity contribution in [3.05, 3.63) is 35.6 Å². The molecule has 15 heavy (non-hydrogen) atoms. The minimum absolute atomic E-state index is 0.133. The molecule has 0 heterocycles. The van der Waals surface area contributed by atoms with Crippen molar-refractivity contribution < 1.29 is 4.39 Å². The second-order valence-electron chi connectivity index (χ2n) is 4.08. The molecular weight excluding hydrogens is 189 g/mol. The summed E-state index contributed by atoms with van der Waals surface area (Å²) in [6.07, 6.45) is 2.07. The Morgan fingerprint density at radius 1 is 1.40 bits per heavy atom. The van der Waals surface area contributed by atoms with Gasteiger partial charge < -0.3 is 5.32 Å². The molecule has 0 saturated heterocycles. The average molecular weight is 209 g/mol. The SMILES string of the molecule is CCNCC(C)CCc1cccc(F)c1. The van der Waals surface area contributed by atoms with Gasteiger partial charge in [0.2, 0.25) is 0 Å². The number of aryl methyl sites for hydroxylation is 1. The number of nitrogens with one attached hydrogen (secondary N) is 1. The Kier molecular flexibility index (Phi) is 5.33. The highest BCUT2D eigenvalue weighted by Crippen LogP contribution is 2.10. The third kappa shape index (κ3) is 4.93. The molecule has 0 aromatic heterocycles. The fraction of sp³-hybridized carbons (Fsp3) is 0.538. The Hall–Kier alpha value is -0.890. The minimum atomic E-state index is -0.133. The van der Waals surface area contributed by atoms with E-state index in [0.717, 1.165) is 31.5 Å². The molecule has 1 nitrogen and oxygen atoms in total. The van der Waals surface area contributed by atoms with E-state index in [1.54, 1.807) is 12.1 Å². The second-order valence-corrected chi connectivity index (χ2v) is 4.08. The first-order chi connectivity index (χ1) is 7.22. The van der Waals surface area contributed by atoms with E-state index in [1.165, 1.54) is 6.07 Å². The van der Waals surface area contributed by atoms with Crippen LogP contribution in [0.3, 0.4) is 0 Å². The van der Waals surface area contributed by atoms with Gasteiger partial charge in [-0.2, -0.15) is 0 Å². The second kappa shape index (κ2) is 6.57. The fourth-order valence-corrected chi connectivity index (χ4v) is 1.60. The van der Waals surface area contributed by atoms with Crippen molar-refractivity contribution >= 4 is 0 Å². The van der Waals surface area contributed by atoms with Gasteiger partial charge >= 0.3 is 0 Å². The van der Waals surface area contributed by atoms with Gasteiger partial charge in [-0.15, -0.1) is 0 Å². The highest BCUT2D eigenvalue weighted by Gasteiger charge is 2.02. The molecule has 0 aliphatic heterocycles. The maximum absolute atomic E-state index is 12.9. The van der Waals surface area contributed by atoms with Gasteiger partial charge in [0.15, 0.2) is 0 Å². The van der Waals surface area contributed by atoms with Crippen LogP contribution >= 0.6 is 0 Å². The lowest BCUT2D eigenvalue weighted by molar-refractivity contribution is 0.488. The number of benzene rings is 1. The van der Waals surface area contributed by atoms with E-state index < -0.39 is 0 Å². The highest BCUT2D eigenvalue weighted by molar-refractivity contribution is 5.16. The summed E-state index contributed by atoms with van der Waals surface area (Å²) in [7, 11) is 0. The number of hydrogen-bond donors (Lipinski definition) is 1. The van der Waals surface area contributed by atoms with Gasteiger partial charge in [0, 0.05) is 0 Å². The highest BCUT2D eigenvalue weighted by atomic mass is 19.1. The van der Waals surface area contributed by atoms with Crippen LogP contribution in [0.1, 0.15) is 25.8 Å². The van der Waals surface area contributed by atoms with Crippen molar-refractivity contribution in [2.24, 2.45) is 5.92 Å². The summed E-state index contributed by atoms with van der Waals surface area (Å²) in [6, 6.07) is 6.88. The van der Waals surface area contributed by atoms with Crippen LogP contribution in [0.2, 0.25) is 0 Å². The Balaban J connectivity index is 2.30. The van der Waals surface area contributed by atoms with Crippen molar-refractivity contribution in [3.63, 3.8) is 0 Å². The molecule has 2 heteroatoms. The molecule has 0 aliphatic rings. The van der Waals surface area contributed by atoms with E-state index in [9.17, 15) is 4.39 Å². The van der Waals surface area contributed by atoms with Gasteiger partial charge in [0.25, 0.3) is 0 Å². The number of halogens is 1. The quantitative estimate of drug-likeness (QED) is 0.759. The summed E-state index contributed by atoms with van der Waals surface area (Å²) in [6.45, 7) is 6.40. The van der Waals surface area contributed by atoms with E-state index in [1.807, 2.05) is 6.07 Å². The Morgan fingerprint density at radius 2 is 2.20 bits per heavy atom. The predicted octanol–water partition coefficient (Wildman–Crippen LogP) is 3.00. The molecule has 0 bridgehead atoms. The van der Waals surface area contributed by atoms with Crippen LogP contribution < -0.4 is 5.32 Å². The molecule has 1 rings (SSSR count). The van der Waals surface area contributed by atoms with Crippen LogP contribution in [0.15, 0.2) is 24.3 Å². The first kappa shape index (κ1) is 12.2. The lowest BCUT2D eigenvalue weighted by Crippen LogP contribution is -2.20. The summed E-state index contributed by atoms with van der Waals surface area (Å²) in [5.41, 5.74) is 1.10. The zero-order valence-electron chi connectivity index (χ0n) is 9.59. The first-order valence-corrected chi connectivity index (χ1v) is 5.67. The van der Waals surface area contributed by atoms with Crippen molar-refractivity contribution in [2.45, 2.75) is 26.7 Å². The predicted molar refractivity (Wildman–Crippen MR) is 62.4 cm³/mol. The largest absolute Gasteiger partial charge is 0.317 e. The number of hydrogen-bond acceptors (Lipinski definition) is 1. The summed E-state index contributed by atoms with van der Waals surface area (Å²) >= 11 is 0. The monoisotopic (exact) mass is 209 g/mol. The lowest BCUT2D eigenvalue weighted by Gasteiger charge is -2.11. The summed E-state index contributed by atoms with van der Waals surface area (Å²) < 4.78 is 12.9. The van der Waals surface area contributed by atoms with Crippen molar-refractivity contribution in [2.75, 3.05) is 13.1 Å². The summed E-state index contributed by atoms with van der Waals surface area (Å²) in [5.74, 6) is 0.514. The van der Waals surface area contributed by atoms with Gasteiger partial charge in [-0.05, 0) is 49.5 Å². The third-order valence-corrected chi connectivity index (χ3v) is 2.56. The molecule has 0 spiro atoms. The van der Waals surface area contributed by atoms with Crippen LogP contribution in [0, 0.1) is 11.7 Å². The molecule has 1 N–H and O–H groups in total. The van der Waals surface area contributed by atoms with Gasteiger partial charge in [0.1, 0.15) is 5.82 Å². The van der Waals surface area contributed by atoms with Crippen molar-refractivity contribution in [1.29, 1.82) is 0 Å². The zero-order valence-corrected chi connectivity index (χ0v) is 9.59. The van der Waals surface area contributed by atoms with Crippen LogP contribution in [0.5, 0.6) is 0 Å². The molecule has 1 aromatic carbocycles. The smallest absolute Gasteiger partial charge is 0.123 e. The van der Waals surface area contributed by atoms with Crippen molar-refractivity contribution in [3.8, 4) is 0 Å². The topological polar surface area (TPSA) is 12.0 Å². The summed E-state index contributed by atoms with van der Waals surface area (Å²) in [5, 5.41) is 3.32. The van der Waals surface area contributed by atoms with Crippen molar-refractivity contribution in [1.82, 2.24) is 5.32 Å². The molecule has 1 atom stereocenters. The fourth-order valence-electron chi connectivity index (χ4n) is 1.60. The Bertz CT molecular complexity index is 286. The molecular formula is C13H20FN. The molecule has 0 radical (unpaired) electrons. The average Bonchev–Trinajstić information content (AvgIpc) is 2.23. The van der Waals surface area contributed by atoms with E-state index in [0.29, 0.717) is 5.92 Å². The van der Waals surface area contributed by atoms with Gasteiger partial charge in [-0.1, -0.05) is 26.0 Å². The van der Waals surface area contributed by atoms with Gasteiger partial charge in [-0.25, -0.2) is 4.39 Å². The van der Waals surface area contributed by atoms with E-state index >= 15 is 0 Å². The van der Waals surface area contributed by atoms with E-state index in [4.69, 9.17) is 0 Å². The zero-order chi connectivity index (χ0) is 11.1. The molecule has 0 aliphatic carbocycles. The standard InChI is InChI=1S/C13H20FN/c1-3-15-10-11(2)7-8-12-5-4-6-13(14)9-12/h4-6,9,11,15H,3,7-8,10H2,1-2H3. The molecule has 0 fully saturated rings. The maximum Gasteiger partial charge on any atom is 0.123 e. The van der Waals surface area contributed by atoms with Crippen LogP contribution in [0.4, 0.5) is 4.39 Å². The molecule has 0 saturated carbocycles. The van der Waals surface area contributed by atoms with Gasteiger partial charge in [0.05, 0.1) is 0 Å². The molecule has 1 unspecified atom stereocenters. The minimum Gasteiger partial charge on any atom is -0.317 e. The van der Waals surface area contributed by atoms with Crippen LogP contribution in [0.25, 0.3) is 0 Å². The van der Waals surface area contributed by atoms with Crippen LogP contribution in [-0.2, 0) is 6.42 Å². The normalized spacial score (nSPS) is 12.7. The Labute approximate surface area is 91.7 Å². The van der Waals surface area contributed by atoms with Crippen LogP contribution in [-0.4, -0.2) is 13.1 Å². The lowest BCUT2D eigenvalue weighted by atomic mass is 10.0. The van der Waals surface area contributed by atoms with E-state index in [2.05, 4.69) is 19.2 Å². The molecule has 0 amide bonds. The van der Waals surface area contributed by atoms with E-state index in [-0.39, 0.29) is 5.82 Å². The first-order valence-electron chi connectivity index (χ1n) is 5.67. The van der Waals surface area contributed by atoms with Gasteiger partial charge in [-0.3, -0.25) is 0 Å². The molecule has 84 valence electrons. The molecule has 1 aromatic rings. The number of rotatable bonds is 6.